The molecular formula is C13H7F3OS. The molecule has 0 radical (unpaired) electrons. The molecule has 1 heterocycles. The van der Waals surface area contributed by atoms with E-state index in [1.54, 1.807) is 24.3 Å². The molecule has 0 aliphatic rings. The van der Waals surface area contributed by atoms with E-state index in [-0.39, 0.29) is 15.9 Å². The van der Waals surface area contributed by atoms with Gasteiger partial charge in [0, 0.05) is 5.39 Å². The Morgan fingerprint density at radius 2 is 1.72 bits per heavy atom. The standard InChI is InChI=1S/C13H7F3OS/c1-18-13-10(15)9(14)8-6-4-2-3-5-7(6)17-12(8)11(13)16/h2-5H,1H3. The van der Waals surface area contributed by atoms with Crippen LogP contribution in [0.5, 0.6) is 0 Å². The molecule has 5 heteroatoms. The molecule has 3 aromatic rings. The molecule has 0 saturated heterocycles. The normalized spacial score (nSPS) is 11.6. The minimum atomic E-state index is -1.17. The highest BCUT2D eigenvalue weighted by Gasteiger charge is 2.24. The summed E-state index contributed by atoms with van der Waals surface area (Å²) in [4.78, 5) is -0.362. The van der Waals surface area contributed by atoms with Crippen molar-refractivity contribution >= 4 is 33.7 Å². The van der Waals surface area contributed by atoms with Gasteiger partial charge in [-0.05, 0) is 12.3 Å². The van der Waals surface area contributed by atoms with Crippen LogP contribution in [0.1, 0.15) is 0 Å². The molecule has 2 aromatic carbocycles. The van der Waals surface area contributed by atoms with Crippen LogP contribution in [0.15, 0.2) is 33.6 Å². The first-order valence-electron chi connectivity index (χ1n) is 5.16. The van der Waals surface area contributed by atoms with Gasteiger partial charge < -0.3 is 4.42 Å². The van der Waals surface area contributed by atoms with Gasteiger partial charge in [0.2, 0.25) is 0 Å². The molecule has 3 rings (SSSR count). The maximum Gasteiger partial charge on any atom is 0.183 e. The van der Waals surface area contributed by atoms with Crippen LogP contribution in [-0.2, 0) is 0 Å². The van der Waals surface area contributed by atoms with Crippen molar-refractivity contribution in [2.24, 2.45) is 0 Å². The molecule has 0 amide bonds. The van der Waals surface area contributed by atoms with Gasteiger partial charge in [-0.2, -0.15) is 0 Å². The fraction of sp³-hybridized carbons (Fsp3) is 0.0769. The lowest BCUT2D eigenvalue weighted by molar-refractivity contribution is 0.471. The van der Waals surface area contributed by atoms with Crippen LogP contribution >= 0.6 is 11.8 Å². The van der Waals surface area contributed by atoms with Crippen molar-refractivity contribution in [3.05, 3.63) is 41.7 Å². The van der Waals surface area contributed by atoms with Gasteiger partial charge in [-0.25, -0.2) is 13.2 Å². The van der Waals surface area contributed by atoms with Crippen LogP contribution < -0.4 is 0 Å². The number of furan rings is 1. The lowest BCUT2D eigenvalue weighted by atomic mass is 10.1. The van der Waals surface area contributed by atoms with Crippen molar-refractivity contribution in [2.45, 2.75) is 4.90 Å². The van der Waals surface area contributed by atoms with E-state index in [1.165, 1.54) is 6.26 Å². The number of hydrogen-bond donors (Lipinski definition) is 0. The van der Waals surface area contributed by atoms with E-state index >= 15 is 0 Å². The number of thioether (sulfide) groups is 1. The number of para-hydroxylation sites is 1. The van der Waals surface area contributed by atoms with E-state index in [1.807, 2.05) is 0 Å². The van der Waals surface area contributed by atoms with Gasteiger partial charge in [0.05, 0.1) is 10.3 Å². The number of halogens is 3. The molecule has 0 atom stereocenters. The highest BCUT2D eigenvalue weighted by atomic mass is 32.2. The zero-order valence-electron chi connectivity index (χ0n) is 9.26. The second-order valence-electron chi connectivity index (χ2n) is 3.78. The number of fused-ring (bicyclic) bond motifs is 3. The Morgan fingerprint density at radius 3 is 2.44 bits per heavy atom. The van der Waals surface area contributed by atoms with E-state index in [0.29, 0.717) is 11.0 Å². The summed E-state index contributed by atoms with van der Waals surface area (Å²) in [6, 6.07) is 6.51. The first-order chi connectivity index (χ1) is 8.65. The van der Waals surface area contributed by atoms with Crippen LogP contribution in [-0.4, -0.2) is 6.26 Å². The monoisotopic (exact) mass is 268 g/mol. The third-order valence-electron chi connectivity index (χ3n) is 2.81. The molecule has 18 heavy (non-hydrogen) atoms. The highest BCUT2D eigenvalue weighted by molar-refractivity contribution is 7.98. The first kappa shape index (κ1) is 11.5. The molecule has 92 valence electrons. The molecule has 0 fully saturated rings. The summed E-state index contributed by atoms with van der Waals surface area (Å²) in [6.07, 6.45) is 1.48. The molecule has 0 aliphatic heterocycles. The predicted octanol–water partition coefficient (Wildman–Crippen LogP) is 4.73. The molecule has 0 aliphatic carbocycles. The first-order valence-corrected chi connectivity index (χ1v) is 6.39. The Balaban J connectivity index is 2.61. The number of hydrogen-bond acceptors (Lipinski definition) is 2. The van der Waals surface area contributed by atoms with Gasteiger partial charge >= 0.3 is 0 Å². The summed E-state index contributed by atoms with van der Waals surface area (Å²) in [5.41, 5.74) is 0.0994. The summed E-state index contributed by atoms with van der Waals surface area (Å²) in [5, 5.41) is 0.230. The Bertz CT molecular complexity index is 764. The molecule has 0 N–H and O–H groups in total. The minimum Gasteiger partial charge on any atom is -0.453 e. The van der Waals surface area contributed by atoms with Crippen molar-refractivity contribution in [3.63, 3.8) is 0 Å². The topological polar surface area (TPSA) is 13.1 Å². The fourth-order valence-corrected chi connectivity index (χ4v) is 2.55. The predicted molar refractivity (Wildman–Crippen MR) is 65.4 cm³/mol. The van der Waals surface area contributed by atoms with Crippen LogP contribution in [0.2, 0.25) is 0 Å². The zero-order valence-corrected chi connectivity index (χ0v) is 10.1. The Morgan fingerprint density at radius 1 is 1.00 bits per heavy atom. The highest BCUT2D eigenvalue weighted by Crippen LogP contribution is 2.38. The van der Waals surface area contributed by atoms with Gasteiger partial charge in [-0.15, -0.1) is 11.8 Å². The maximum atomic E-state index is 14.0. The number of rotatable bonds is 1. The lowest BCUT2D eigenvalue weighted by Crippen LogP contribution is -1.93. The molecule has 1 aromatic heterocycles. The maximum absolute atomic E-state index is 14.0. The largest absolute Gasteiger partial charge is 0.453 e. The lowest BCUT2D eigenvalue weighted by Gasteiger charge is -2.03. The third kappa shape index (κ3) is 1.37. The van der Waals surface area contributed by atoms with E-state index in [2.05, 4.69) is 0 Å². The molecular weight excluding hydrogens is 261 g/mol. The molecule has 1 nitrogen and oxygen atoms in total. The second-order valence-corrected chi connectivity index (χ2v) is 4.59. The smallest absolute Gasteiger partial charge is 0.183 e. The van der Waals surface area contributed by atoms with Crippen LogP contribution in [0.3, 0.4) is 0 Å². The van der Waals surface area contributed by atoms with Crippen molar-refractivity contribution in [1.82, 2.24) is 0 Å². The molecule has 0 bridgehead atoms. The molecule has 0 spiro atoms. The molecule has 0 saturated carbocycles. The van der Waals surface area contributed by atoms with E-state index in [0.717, 1.165) is 11.8 Å². The van der Waals surface area contributed by atoms with E-state index in [4.69, 9.17) is 4.42 Å². The third-order valence-corrected chi connectivity index (χ3v) is 3.58. The van der Waals surface area contributed by atoms with Gasteiger partial charge in [-0.1, -0.05) is 18.2 Å². The minimum absolute atomic E-state index is 0.140. The van der Waals surface area contributed by atoms with Crippen molar-refractivity contribution in [2.75, 3.05) is 6.26 Å². The summed E-state index contributed by atoms with van der Waals surface area (Å²) < 4.78 is 47.0. The van der Waals surface area contributed by atoms with Crippen LogP contribution in [0.25, 0.3) is 21.9 Å². The quantitative estimate of drug-likeness (QED) is 0.467. The number of benzene rings is 2. The van der Waals surface area contributed by atoms with Crippen molar-refractivity contribution in [3.8, 4) is 0 Å². The average molecular weight is 268 g/mol. The van der Waals surface area contributed by atoms with Gasteiger partial charge in [-0.3, -0.25) is 0 Å². The Kier molecular flexibility index (Phi) is 2.52. The van der Waals surface area contributed by atoms with Gasteiger partial charge in [0.25, 0.3) is 0 Å². The van der Waals surface area contributed by atoms with Crippen LogP contribution in [0.4, 0.5) is 13.2 Å². The zero-order chi connectivity index (χ0) is 12.9. The second kappa shape index (κ2) is 3.95. The Labute approximate surface area is 105 Å². The summed E-state index contributed by atoms with van der Waals surface area (Å²) in [6.45, 7) is 0. The summed E-state index contributed by atoms with van der Waals surface area (Å²) in [7, 11) is 0. The Hall–Kier alpha value is -1.62. The van der Waals surface area contributed by atoms with Crippen molar-refractivity contribution in [1.29, 1.82) is 0 Å². The van der Waals surface area contributed by atoms with Gasteiger partial charge in [0.1, 0.15) is 5.58 Å². The summed E-state index contributed by atoms with van der Waals surface area (Å²) >= 11 is 0.811. The SMILES string of the molecule is CSc1c(F)c(F)c2c(oc3ccccc32)c1F. The van der Waals surface area contributed by atoms with E-state index < -0.39 is 17.5 Å². The summed E-state index contributed by atoms with van der Waals surface area (Å²) in [5.74, 6) is -3.09. The fourth-order valence-electron chi connectivity index (χ4n) is 2.01. The molecule has 0 unspecified atom stereocenters. The van der Waals surface area contributed by atoms with Gasteiger partial charge in [0.15, 0.2) is 23.0 Å². The van der Waals surface area contributed by atoms with E-state index in [9.17, 15) is 13.2 Å². The average Bonchev–Trinajstić information content (AvgIpc) is 2.76. The van der Waals surface area contributed by atoms with Crippen LogP contribution in [0, 0.1) is 17.5 Å². The van der Waals surface area contributed by atoms with Crippen molar-refractivity contribution < 1.29 is 17.6 Å².